The number of amides is 4. The average molecular weight is 958 g/mol. The zero-order valence-corrected chi connectivity index (χ0v) is 43.7. The lowest BCUT2D eigenvalue weighted by Crippen LogP contribution is -2.66. The molecule has 384 valence electrons. The molecule has 7 fully saturated rings. The number of anilines is 1. The molecule has 13 nitrogen and oxygen atoms in total. The minimum Gasteiger partial charge on any atom is -0.393 e. The number of aliphatic hydroxyl groups excluding tert-OH is 1. The molecule has 3 N–H and O–H groups in total. The number of aliphatic hydroxyl groups is 2. The minimum absolute atomic E-state index is 0.0119. The molecule has 0 radical (unpaired) electrons. The zero-order chi connectivity index (χ0) is 49.5. The summed E-state index contributed by atoms with van der Waals surface area (Å²) in [6, 6.07) is 5.42. The lowest BCUT2D eigenvalue weighted by Gasteiger charge is -2.70. The number of imide groups is 1. The second-order valence-corrected chi connectivity index (χ2v) is 25.6. The Morgan fingerprint density at radius 1 is 0.855 bits per heavy atom. The Kier molecular flexibility index (Phi) is 13.8. The van der Waals surface area contributed by atoms with Crippen LogP contribution in [-0.4, -0.2) is 138 Å². The number of fused-ring (bicyclic) bond motifs is 6. The fraction of sp³-hybridized carbons (Fsp3) is 0.821. The van der Waals surface area contributed by atoms with Crippen molar-refractivity contribution >= 4 is 29.3 Å². The van der Waals surface area contributed by atoms with Crippen LogP contribution in [0.25, 0.3) is 0 Å². The Morgan fingerprint density at radius 3 is 2.26 bits per heavy atom. The van der Waals surface area contributed by atoms with Gasteiger partial charge >= 0.3 is 0 Å². The summed E-state index contributed by atoms with van der Waals surface area (Å²) in [5.41, 5.74) is 1.63. The van der Waals surface area contributed by atoms with Crippen molar-refractivity contribution in [3.63, 3.8) is 0 Å². The summed E-state index contributed by atoms with van der Waals surface area (Å²) < 4.78 is 12.4. The van der Waals surface area contributed by atoms with E-state index in [-0.39, 0.29) is 81.9 Å². The lowest BCUT2D eigenvalue weighted by molar-refractivity contribution is -0.250. The van der Waals surface area contributed by atoms with Gasteiger partial charge in [0.15, 0.2) is 0 Å². The summed E-state index contributed by atoms with van der Waals surface area (Å²) >= 11 is 0. The topological polar surface area (TPSA) is 152 Å². The summed E-state index contributed by atoms with van der Waals surface area (Å²) in [4.78, 5) is 59.8. The maximum absolute atomic E-state index is 13.8. The first-order valence-electron chi connectivity index (χ1n) is 27.1. The Balaban J connectivity index is 0.731. The monoisotopic (exact) mass is 958 g/mol. The molecule has 4 saturated carbocycles. The van der Waals surface area contributed by atoms with E-state index in [0.717, 1.165) is 134 Å². The molecule has 3 saturated heterocycles. The van der Waals surface area contributed by atoms with E-state index in [0.29, 0.717) is 36.3 Å². The normalized spacial score (nSPS) is 37.2. The number of piperidine rings is 2. The highest BCUT2D eigenvalue weighted by Crippen LogP contribution is 2.76. The number of nitrogens with zero attached hydrogens (tertiary/aromatic N) is 4. The van der Waals surface area contributed by atoms with Crippen LogP contribution in [0.15, 0.2) is 18.2 Å². The molecular weight excluding hydrogens is 871 g/mol. The number of hydrogen-bond acceptors (Lipinski definition) is 10. The largest absolute Gasteiger partial charge is 0.393 e. The van der Waals surface area contributed by atoms with Gasteiger partial charge in [-0.25, -0.2) is 0 Å². The van der Waals surface area contributed by atoms with Crippen molar-refractivity contribution in [2.75, 3.05) is 64.4 Å². The van der Waals surface area contributed by atoms with Gasteiger partial charge in [0, 0.05) is 77.1 Å². The van der Waals surface area contributed by atoms with Gasteiger partial charge in [-0.3, -0.25) is 29.4 Å². The van der Waals surface area contributed by atoms with E-state index < -0.39 is 17.7 Å². The number of piperazine rings is 1. The van der Waals surface area contributed by atoms with Crippen LogP contribution in [0.1, 0.15) is 161 Å². The predicted octanol–water partition coefficient (Wildman–Crippen LogP) is 7.20. The van der Waals surface area contributed by atoms with E-state index >= 15 is 0 Å². The quantitative estimate of drug-likeness (QED) is 0.173. The molecular formula is C56H87N5O8. The SMILES string of the molecule is COC(C)(C)CCC[C@@](C)(O)[C@H]1CC[C@]2(C)[C@@H]1[C@H](O)C[C@@H]1[C@@]3(C)CC[C@H](OCC(=O)N4CCC(CN5CCN(c6ccc7c(c6)CN(C6CCC(=O)NC6=O)C7=O)CC5)CC4)C(C)(C)[C@@H]3CC[C@]12C. The third-order valence-electron chi connectivity index (χ3n) is 21.3. The second-order valence-electron chi connectivity index (χ2n) is 25.6. The smallest absolute Gasteiger partial charge is 0.255 e. The molecule has 9 rings (SSSR count). The van der Waals surface area contributed by atoms with Crippen LogP contribution in [0.5, 0.6) is 0 Å². The van der Waals surface area contributed by atoms with Crippen molar-refractivity contribution in [1.82, 2.24) is 20.0 Å². The van der Waals surface area contributed by atoms with Crippen LogP contribution in [0.4, 0.5) is 5.69 Å². The molecule has 13 heteroatoms. The fourth-order valence-electron chi connectivity index (χ4n) is 16.8. The minimum atomic E-state index is -0.828. The van der Waals surface area contributed by atoms with E-state index in [1.54, 1.807) is 12.0 Å². The average Bonchev–Trinajstić information content (AvgIpc) is 3.85. The van der Waals surface area contributed by atoms with Gasteiger partial charge in [0.2, 0.25) is 17.7 Å². The van der Waals surface area contributed by atoms with Gasteiger partial charge in [-0.15, -0.1) is 0 Å². The zero-order valence-electron chi connectivity index (χ0n) is 43.7. The number of carbonyl (C=O) groups is 4. The maximum atomic E-state index is 13.8. The van der Waals surface area contributed by atoms with Crippen LogP contribution in [0.2, 0.25) is 0 Å². The number of methoxy groups -OCH3 is 1. The molecule has 1 aromatic rings. The highest BCUT2D eigenvalue weighted by molar-refractivity contribution is 6.05. The highest BCUT2D eigenvalue weighted by Gasteiger charge is 2.71. The number of ether oxygens (including phenoxy) is 2. The first kappa shape index (κ1) is 50.8. The molecule has 69 heavy (non-hydrogen) atoms. The molecule has 1 aromatic carbocycles. The van der Waals surface area contributed by atoms with E-state index in [1.807, 2.05) is 24.0 Å². The van der Waals surface area contributed by atoms with Gasteiger partial charge in [-0.1, -0.05) is 34.6 Å². The van der Waals surface area contributed by atoms with Gasteiger partial charge in [0.1, 0.15) is 12.6 Å². The highest BCUT2D eigenvalue weighted by atomic mass is 16.5. The van der Waals surface area contributed by atoms with Crippen molar-refractivity contribution in [1.29, 1.82) is 0 Å². The van der Waals surface area contributed by atoms with Gasteiger partial charge < -0.3 is 34.4 Å². The van der Waals surface area contributed by atoms with Crippen molar-refractivity contribution in [2.24, 2.45) is 51.2 Å². The third kappa shape index (κ3) is 9.11. The fourth-order valence-corrected chi connectivity index (χ4v) is 16.8. The van der Waals surface area contributed by atoms with Crippen LogP contribution < -0.4 is 10.2 Å². The Morgan fingerprint density at radius 2 is 1.57 bits per heavy atom. The standard InChI is InChI=1S/C56H87N5O8/c1-51(2,68-9)20-10-21-56(8,67)40-15-23-55(7)48(40)42(62)32-44-53(5)22-17-45(52(3,4)43(53)16-24-54(44,55)6)69-35-47(64)60-25-18-36(19-26-60)33-58-27-29-59(30-28-58)38-11-12-39-37(31-38)34-61(50(39)66)41-13-14-46(63)57-49(41)65/h11-12,31,36,40-45,48,62,67H,10,13-30,32-35H2,1-9H3,(H,57,63,65)/t40-,41?,42+,43-,44+,45-,48-,53-,54+,55+,56+/m0/s1. The van der Waals surface area contributed by atoms with Crippen LogP contribution in [0, 0.1) is 51.2 Å². The molecule has 8 aliphatic rings. The summed E-state index contributed by atoms with van der Waals surface area (Å²) in [7, 11) is 1.76. The third-order valence-corrected chi connectivity index (χ3v) is 21.3. The first-order chi connectivity index (χ1) is 32.5. The summed E-state index contributed by atoms with van der Waals surface area (Å²) in [6.07, 6.45) is 11.8. The molecule has 0 spiro atoms. The van der Waals surface area contributed by atoms with Gasteiger partial charge in [0.05, 0.1) is 23.4 Å². The molecule has 4 aliphatic heterocycles. The molecule has 4 amide bonds. The van der Waals surface area contributed by atoms with Crippen molar-refractivity contribution in [3.05, 3.63) is 29.3 Å². The number of nitrogens with one attached hydrogen (secondary N) is 1. The number of carbonyl (C=O) groups excluding carboxylic acids is 4. The molecule has 0 aromatic heterocycles. The molecule has 4 heterocycles. The maximum Gasteiger partial charge on any atom is 0.255 e. The number of benzene rings is 1. The molecule has 4 aliphatic carbocycles. The van der Waals surface area contributed by atoms with Gasteiger partial charge in [0.25, 0.3) is 5.91 Å². The summed E-state index contributed by atoms with van der Waals surface area (Å²) in [5.74, 6) is 0.855. The van der Waals surface area contributed by atoms with E-state index in [1.165, 1.54) is 0 Å². The van der Waals surface area contributed by atoms with Crippen LogP contribution in [0.3, 0.4) is 0 Å². The summed E-state index contributed by atoms with van der Waals surface area (Å²) in [6.45, 7) is 25.4. The van der Waals surface area contributed by atoms with E-state index in [9.17, 15) is 29.4 Å². The summed E-state index contributed by atoms with van der Waals surface area (Å²) in [5, 5.41) is 26.8. The first-order valence-corrected chi connectivity index (χ1v) is 27.1. The number of hydrogen-bond donors (Lipinski definition) is 3. The Labute approximate surface area is 413 Å². The second kappa shape index (κ2) is 18.7. The molecule has 11 atom stereocenters. The van der Waals surface area contributed by atoms with Crippen LogP contribution >= 0.6 is 0 Å². The van der Waals surface area contributed by atoms with E-state index in [4.69, 9.17) is 9.47 Å². The van der Waals surface area contributed by atoms with Gasteiger partial charge in [-0.05, 0) is 179 Å². The number of rotatable bonds is 13. The van der Waals surface area contributed by atoms with Crippen molar-refractivity contribution in [2.45, 2.75) is 181 Å². The van der Waals surface area contributed by atoms with E-state index in [2.05, 4.69) is 69.6 Å². The Bertz CT molecular complexity index is 2110. The molecule has 0 bridgehead atoms. The predicted molar refractivity (Wildman–Crippen MR) is 266 cm³/mol. The lowest BCUT2D eigenvalue weighted by atomic mass is 9.35. The molecule has 1 unspecified atom stereocenters. The van der Waals surface area contributed by atoms with Crippen molar-refractivity contribution < 1.29 is 38.9 Å². The van der Waals surface area contributed by atoms with Crippen LogP contribution in [-0.2, 0) is 30.4 Å². The van der Waals surface area contributed by atoms with Gasteiger partial charge in [-0.2, -0.15) is 0 Å². The van der Waals surface area contributed by atoms with Crippen molar-refractivity contribution in [3.8, 4) is 0 Å². The Hall–Kier alpha value is -3.10. The number of likely N-dealkylation sites (tertiary alicyclic amines) is 1.